The Balaban J connectivity index is 1.61. The number of methoxy groups -OCH3 is 1. The highest BCUT2D eigenvalue weighted by Gasteiger charge is 2.11. The Hall–Kier alpha value is -3.60. The zero-order chi connectivity index (χ0) is 20.8. The molecule has 0 radical (unpaired) electrons. The summed E-state index contributed by atoms with van der Waals surface area (Å²) >= 11 is 0. The number of carbonyl (C=O) groups excluding carboxylic acids is 2. The molecule has 0 aliphatic heterocycles. The van der Waals surface area contributed by atoms with Crippen molar-refractivity contribution in [2.24, 2.45) is 0 Å². The molecule has 0 fully saturated rings. The van der Waals surface area contributed by atoms with Crippen molar-refractivity contribution < 1.29 is 14.3 Å². The van der Waals surface area contributed by atoms with E-state index in [1.54, 1.807) is 31.4 Å². The van der Waals surface area contributed by atoms with Crippen LogP contribution in [-0.4, -0.2) is 18.9 Å². The van der Waals surface area contributed by atoms with Crippen LogP contribution >= 0.6 is 0 Å². The van der Waals surface area contributed by atoms with Crippen molar-refractivity contribution in [3.63, 3.8) is 0 Å². The molecule has 3 aromatic rings. The van der Waals surface area contributed by atoms with Gasteiger partial charge in [0.2, 0.25) is 0 Å². The zero-order valence-electron chi connectivity index (χ0n) is 16.8. The van der Waals surface area contributed by atoms with E-state index in [0.29, 0.717) is 17.7 Å². The third-order valence-corrected chi connectivity index (χ3v) is 4.74. The van der Waals surface area contributed by atoms with Crippen molar-refractivity contribution in [1.82, 2.24) is 5.32 Å². The Morgan fingerprint density at radius 3 is 1.90 bits per heavy atom. The van der Waals surface area contributed by atoms with Crippen LogP contribution in [0.25, 0.3) is 0 Å². The summed E-state index contributed by atoms with van der Waals surface area (Å²) in [6.45, 7) is 4.33. The lowest BCUT2D eigenvalue weighted by Gasteiger charge is -2.12. The number of rotatable bonds is 6. The summed E-state index contributed by atoms with van der Waals surface area (Å²) < 4.78 is 5.13. The molecular formula is C24H24N2O3. The molecule has 2 N–H and O–H groups in total. The SMILES string of the molecule is COc1ccc(CNC(=O)c2ccc(C(=O)Nc3c(C)cccc3C)cc2)cc1. The van der Waals surface area contributed by atoms with Crippen molar-refractivity contribution in [3.8, 4) is 5.75 Å². The first-order valence-corrected chi connectivity index (χ1v) is 9.36. The molecule has 0 saturated carbocycles. The van der Waals surface area contributed by atoms with Crippen LogP contribution in [-0.2, 0) is 6.54 Å². The van der Waals surface area contributed by atoms with E-state index in [-0.39, 0.29) is 11.8 Å². The standard InChI is InChI=1S/C24H24N2O3/c1-16-5-4-6-17(2)22(16)26-24(28)20-11-9-19(10-12-20)23(27)25-15-18-7-13-21(29-3)14-8-18/h4-14H,15H2,1-3H3,(H,25,27)(H,26,28). The van der Waals surface area contributed by atoms with E-state index >= 15 is 0 Å². The molecule has 0 saturated heterocycles. The monoisotopic (exact) mass is 388 g/mol. The Morgan fingerprint density at radius 1 is 0.793 bits per heavy atom. The fourth-order valence-electron chi connectivity index (χ4n) is 3.00. The summed E-state index contributed by atoms with van der Waals surface area (Å²) in [5.74, 6) is 0.380. The second-order valence-electron chi connectivity index (χ2n) is 6.83. The van der Waals surface area contributed by atoms with Gasteiger partial charge < -0.3 is 15.4 Å². The summed E-state index contributed by atoms with van der Waals surface area (Å²) in [4.78, 5) is 24.9. The first kappa shape index (κ1) is 20.1. The number of anilines is 1. The number of hydrogen-bond acceptors (Lipinski definition) is 3. The molecule has 3 aromatic carbocycles. The lowest BCUT2D eigenvalue weighted by atomic mass is 10.1. The molecule has 0 aliphatic rings. The average molecular weight is 388 g/mol. The molecule has 148 valence electrons. The normalized spacial score (nSPS) is 10.3. The number of hydrogen-bond donors (Lipinski definition) is 2. The molecule has 3 rings (SSSR count). The van der Waals surface area contributed by atoms with Gasteiger partial charge in [0.1, 0.15) is 5.75 Å². The van der Waals surface area contributed by atoms with Crippen LogP contribution in [0, 0.1) is 13.8 Å². The lowest BCUT2D eigenvalue weighted by molar-refractivity contribution is 0.0949. The maximum atomic E-state index is 12.5. The zero-order valence-corrected chi connectivity index (χ0v) is 16.8. The van der Waals surface area contributed by atoms with Crippen LogP contribution < -0.4 is 15.4 Å². The summed E-state index contributed by atoms with van der Waals surface area (Å²) in [6.07, 6.45) is 0. The second-order valence-corrected chi connectivity index (χ2v) is 6.83. The highest BCUT2D eigenvalue weighted by Crippen LogP contribution is 2.20. The maximum Gasteiger partial charge on any atom is 0.255 e. The third-order valence-electron chi connectivity index (χ3n) is 4.74. The van der Waals surface area contributed by atoms with Crippen LogP contribution in [0.2, 0.25) is 0 Å². The van der Waals surface area contributed by atoms with E-state index < -0.39 is 0 Å². The van der Waals surface area contributed by atoms with Gasteiger partial charge in [0.15, 0.2) is 0 Å². The van der Waals surface area contributed by atoms with Gasteiger partial charge in [-0.25, -0.2) is 0 Å². The van der Waals surface area contributed by atoms with Crippen molar-refractivity contribution in [1.29, 1.82) is 0 Å². The van der Waals surface area contributed by atoms with Crippen molar-refractivity contribution in [2.75, 3.05) is 12.4 Å². The van der Waals surface area contributed by atoms with E-state index in [9.17, 15) is 9.59 Å². The van der Waals surface area contributed by atoms with Crippen molar-refractivity contribution in [2.45, 2.75) is 20.4 Å². The van der Waals surface area contributed by atoms with Gasteiger partial charge in [0, 0.05) is 23.4 Å². The van der Waals surface area contributed by atoms with Gasteiger partial charge in [-0.2, -0.15) is 0 Å². The van der Waals surface area contributed by atoms with Crippen molar-refractivity contribution in [3.05, 3.63) is 94.5 Å². The minimum Gasteiger partial charge on any atom is -0.497 e. The van der Waals surface area contributed by atoms with Crippen LogP contribution in [0.3, 0.4) is 0 Å². The molecule has 2 amide bonds. The maximum absolute atomic E-state index is 12.5. The molecular weight excluding hydrogens is 364 g/mol. The molecule has 0 aromatic heterocycles. The molecule has 5 heteroatoms. The largest absolute Gasteiger partial charge is 0.497 e. The van der Waals surface area contributed by atoms with Crippen LogP contribution in [0.1, 0.15) is 37.4 Å². The average Bonchev–Trinajstić information content (AvgIpc) is 2.75. The van der Waals surface area contributed by atoms with Gasteiger partial charge in [-0.05, 0) is 66.9 Å². The number of carbonyl (C=O) groups is 2. The number of para-hydroxylation sites is 1. The van der Waals surface area contributed by atoms with Crippen LogP contribution in [0.4, 0.5) is 5.69 Å². The molecule has 5 nitrogen and oxygen atoms in total. The molecule has 0 unspecified atom stereocenters. The Kier molecular flexibility index (Phi) is 6.29. The van der Waals surface area contributed by atoms with E-state index in [4.69, 9.17) is 4.74 Å². The Bertz CT molecular complexity index is 989. The molecule has 0 spiro atoms. The predicted octanol–water partition coefficient (Wildman–Crippen LogP) is 4.49. The van der Waals surface area contributed by atoms with Gasteiger partial charge >= 0.3 is 0 Å². The van der Waals surface area contributed by atoms with Gasteiger partial charge in [-0.3, -0.25) is 9.59 Å². The summed E-state index contributed by atoms with van der Waals surface area (Å²) in [6, 6.07) is 20.0. The van der Waals surface area contributed by atoms with E-state index in [2.05, 4.69) is 10.6 Å². The van der Waals surface area contributed by atoms with E-state index in [1.807, 2.05) is 56.3 Å². The quantitative estimate of drug-likeness (QED) is 0.654. The first-order chi connectivity index (χ1) is 14.0. The highest BCUT2D eigenvalue weighted by molar-refractivity contribution is 6.05. The number of amides is 2. The molecule has 0 atom stereocenters. The summed E-state index contributed by atoms with van der Waals surface area (Å²) in [5, 5.41) is 5.83. The summed E-state index contributed by atoms with van der Waals surface area (Å²) in [7, 11) is 1.61. The highest BCUT2D eigenvalue weighted by atomic mass is 16.5. The van der Waals surface area contributed by atoms with Crippen LogP contribution in [0.15, 0.2) is 66.7 Å². The number of aryl methyl sites for hydroxylation is 2. The summed E-state index contributed by atoms with van der Waals surface area (Å²) in [5.41, 5.74) is 4.81. The minimum atomic E-state index is -0.201. The first-order valence-electron chi connectivity index (χ1n) is 9.36. The fourth-order valence-corrected chi connectivity index (χ4v) is 3.00. The smallest absolute Gasteiger partial charge is 0.255 e. The number of nitrogens with one attached hydrogen (secondary N) is 2. The topological polar surface area (TPSA) is 67.4 Å². The van der Waals surface area contributed by atoms with Gasteiger partial charge in [0.25, 0.3) is 11.8 Å². The lowest BCUT2D eigenvalue weighted by Crippen LogP contribution is -2.23. The van der Waals surface area contributed by atoms with E-state index in [1.165, 1.54) is 0 Å². The second kappa shape index (κ2) is 9.06. The Morgan fingerprint density at radius 2 is 1.34 bits per heavy atom. The minimum absolute atomic E-state index is 0.192. The molecule has 0 heterocycles. The molecule has 0 bridgehead atoms. The van der Waals surface area contributed by atoms with Gasteiger partial charge in [-0.15, -0.1) is 0 Å². The van der Waals surface area contributed by atoms with Gasteiger partial charge in [-0.1, -0.05) is 30.3 Å². The fraction of sp³-hybridized carbons (Fsp3) is 0.167. The predicted molar refractivity (Wildman–Crippen MR) is 114 cm³/mol. The number of ether oxygens (including phenoxy) is 1. The molecule has 29 heavy (non-hydrogen) atoms. The third kappa shape index (κ3) is 5.02. The number of benzene rings is 3. The Labute approximate surface area is 170 Å². The molecule has 0 aliphatic carbocycles. The van der Waals surface area contributed by atoms with Crippen LogP contribution in [0.5, 0.6) is 5.75 Å². The van der Waals surface area contributed by atoms with Crippen molar-refractivity contribution >= 4 is 17.5 Å². The van der Waals surface area contributed by atoms with Gasteiger partial charge in [0.05, 0.1) is 7.11 Å². The van der Waals surface area contributed by atoms with E-state index in [0.717, 1.165) is 28.1 Å².